The number of esters is 1. The van der Waals surface area contributed by atoms with Crippen LogP contribution in [0.5, 0.6) is 0 Å². The molecule has 0 bridgehead atoms. The Morgan fingerprint density at radius 2 is 1.75 bits per heavy atom. The number of benzene rings is 1. The van der Waals surface area contributed by atoms with Gasteiger partial charge in [0.2, 0.25) is 15.8 Å². The largest absolute Gasteiger partial charge is 0.493 e. The molecule has 0 spiro atoms. The van der Waals surface area contributed by atoms with Crippen LogP contribution in [-0.4, -0.2) is 75.5 Å². The summed E-state index contributed by atoms with van der Waals surface area (Å²) in [6, 6.07) is 4.57. The molecule has 0 unspecified atom stereocenters. The van der Waals surface area contributed by atoms with Crippen LogP contribution in [0.1, 0.15) is 0 Å². The van der Waals surface area contributed by atoms with Crippen molar-refractivity contribution in [1.29, 1.82) is 0 Å². The van der Waals surface area contributed by atoms with E-state index in [4.69, 9.17) is 14.2 Å². The maximum Gasteiger partial charge on any atom is 0.377 e. The first-order valence-electron chi connectivity index (χ1n) is 8.53. The summed E-state index contributed by atoms with van der Waals surface area (Å²) in [6.07, 6.45) is 1.13. The second-order valence-corrected chi connectivity index (χ2v) is 7.95. The molecule has 2 aliphatic heterocycles. The molecule has 11 heteroatoms. The first-order chi connectivity index (χ1) is 13.4. The summed E-state index contributed by atoms with van der Waals surface area (Å²) in [5, 5.41) is 0. The maximum atomic E-state index is 13.0. The van der Waals surface area contributed by atoms with E-state index in [1.807, 2.05) is 0 Å². The number of carbonyl (C=O) groups excluding carboxylic acids is 2. The highest BCUT2D eigenvalue weighted by Crippen LogP contribution is 2.18. The predicted molar refractivity (Wildman–Crippen MR) is 92.7 cm³/mol. The molecular formula is C17H19FN2O7S. The molecule has 0 aromatic heterocycles. The first kappa shape index (κ1) is 20.1. The fraction of sp³-hybridized carbons (Fsp3) is 0.412. The number of rotatable bonds is 5. The summed E-state index contributed by atoms with van der Waals surface area (Å²) < 4.78 is 54.3. The van der Waals surface area contributed by atoms with E-state index in [1.165, 1.54) is 21.3 Å². The highest BCUT2D eigenvalue weighted by atomic mass is 32.2. The van der Waals surface area contributed by atoms with Gasteiger partial charge in [-0.1, -0.05) is 0 Å². The number of nitrogens with zero attached hydrogens (tertiary/aromatic N) is 2. The van der Waals surface area contributed by atoms with Crippen molar-refractivity contribution in [2.24, 2.45) is 0 Å². The lowest BCUT2D eigenvalue weighted by atomic mass is 10.3. The molecule has 152 valence electrons. The van der Waals surface area contributed by atoms with Crippen LogP contribution in [-0.2, 0) is 33.8 Å². The van der Waals surface area contributed by atoms with Crippen LogP contribution in [0.25, 0.3) is 0 Å². The Balaban J connectivity index is 1.50. The number of hydrogen-bond donors (Lipinski definition) is 0. The Labute approximate surface area is 161 Å². The van der Waals surface area contributed by atoms with Crippen molar-refractivity contribution >= 4 is 21.9 Å². The van der Waals surface area contributed by atoms with E-state index < -0.39 is 34.3 Å². The van der Waals surface area contributed by atoms with Gasteiger partial charge in [0.1, 0.15) is 25.3 Å². The lowest BCUT2D eigenvalue weighted by molar-refractivity contribution is -0.153. The molecule has 0 N–H and O–H groups in total. The molecule has 2 aliphatic rings. The van der Waals surface area contributed by atoms with Crippen LogP contribution in [0.2, 0.25) is 0 Å². The van der Waals surface area contributed by atoms with E-state index in [0.717, 1.165) is 18.4 Å². The highest BCUT2D eigenvalue weighted by molar-refractivity contribution is 7.89. The quantitative estimate of drug-likeness (QED) is 0.629. The molecule has 0 radical (unpaired) electrons. The summed E-state index contributed by atoms with van der Waals surface area (Å²) in [6.45, 7) is 0.547. The van der Waals surface area contributed by atoms with Crippen molar-refractivity contribution in [3.63, 3.8) is 0 Å². The van der Waals surface area contributed by atoms with E-state index in [9.17, 15) is 22.4 Å². The average molecular weight is 414 g/mol. The molecule has 1 aromatic carbocycles. The van der Waals surface area contributed by atoms with E-state index in [-0.39, 0.29) is 43.4 Å². The molecule has 1 aromatic rings. The minimum atomic E-state index is -3.76. The van der Waals surface area contributed by atoms with Crippen molar-refractivity contribution in [1.82, 2.24) is 9.21 Å². The molecular weight excluding hydrogens is 395 g/mol. The molecule has 0 aliphatic carbocycles. The molecule has 1 amide bonds. The van der Waals surface area contributed by atoms with Crippen LogP contribution in [0, 0.1) is 5.82 Å². The zero-order valence-electron chi connectivity index (χ0n) is 14.9. The van der Waals surface area contributed by atoms with E-state index in [0.29, 0.717) is 6.61 Å². The molecule has 2 heterocycles. The third-order valence-electron chi connectivity index (χ3n) is 4.22. The van der Waals surface area contributed by atoms with Gasteiger partial charge in [-0.15, -0.1) is 0 Å². The van der Waals surface area contributed by atoms with Gasteiger partial charge in [-0.2, -0.15) is 4.31 Å². The summed E-state index contributed by atoms with van der Waals surface area (Å²) in [7, 11) is -3.76. The number of carbonyl (C=O) groups is 2. The van der Waals surface area contributed by atoms with Crippen LogP contribution in [0.3, 0.4) is 0 Å². The lowest BCUT2D eigenvalue weighted by Gasteiger charge is -2.33. The third-order valence-corrected chi connectivity index (χ3v) is 6.13. The zero-order chi connectivity index (χ0) is 20.1. The van der Waals surface area contributed by atoms with Gasteiger partial charge in [-0.3, -0.25) is 4.79 Å². The smallest absolute Gasteiger partial charge is 0.377 e. The van der Waals surface area contributed by atoms with Gasteiger partial charge in [0.15, 0.2) is 6.61 Å². The van der Waals surface area contributed by atoms with Crippen molar-refractivity contribution in [3.05, 3.63) is 42.1 Å². The third kappa shape index (κ3) is 4.60. The number of sulfonamides is 1. The van der Waals surface area contributed by atoms with Crippen LogP contribution >= 0.6 is 0 Å². The topological polar surface area (TPSA) is 102 Å². The molecule has 1 saturated heterocycles. The minimum absolute atomic E-state index is 0.00872. The fourth-order valence-electron chi connectivity index (χ4n) is 2.70. The SMILES string of the molecule is O=C(OCC(=O)N1CCN(S(=O)(=O)c2ccc(F)cc2)CC1)C1=COCCO1. The van der Waals surface area contributed by atoms with Crippen LogP contribution < -0.4 is 0 Å². The maximum absolute atomic E-state index is 13.0. The Hall–Kier alpha value is -2.66. The van der Waals surface area contributed by atoms with Gasteiger partial charge in [0, 0.05) is 26.2 Å². The van der Waals surface area contributed by atoms with Gasteiger partial charge in [-0.05, 0) is 24.3 Å². The predicted octanol–water partition coefficient (Wildman–Crippen LogP) is 0.0900. The van der Waals surface area contributed by atoms with Gasteiger partial charge in [0.05, 0.1) is 4.90 Å². The van der Waals surface area contributed by atoms with Gasteiger partial charge >= 0.3 is 5.97 Å². The fourth-order valence-corrected chi connectivity index (χ4v) is 4.12. The number of ether oxygens (including phenoxy) is 3. The molecule has 3 rings (SSSR count). The van der Waals surface area contributed by atoms with Crippen molar-refractivity contribution in [2.75, 3.05) is 46.0 Å². The van der Waals surface area contributed by atoms with Crippen molar-refractivity contribution in [2.45, 2.75) is 4.90 Å². The Morgan fingerprint density at radius 3 is 2.36 bits per heavy atom. The second kappa shape index (κ2) is 8.57. The lowest BCUT2D eigenvalue weighted by Crippen LogP contribution is -2.51. The Morgan fingerprint density at radius 1 is 1.07 bits per heavy atom. The number of amides is 1. The van der Waals surface area contributed by atoms with E-state index in [2.05, 4.69) is 0 Å². The molecule has 0 atom stereocenters. The summed E-state index contributed by atoms with van der Waals surface area (Å²) in [5.41, 5.74) is 0. The van der Waals surface area contributed by atoms with Crippen molar-refractivity contribution < 1.29 is 36.6 Å². The standard InChI is InChI=1S/C17H19FN2O7S/c18-13-1-3-14(4-2-13)28(23,24)20-7-5-19(6-8-20)16(21)12-27-17(22)15-11-25-9-10-26-15/h1-4,11H,5-10,12H2. The van der Waals surface area contributed by atoms with Crippen molar-refractivity contribution in [3.8, 4) is 0 Å². The number of hydrogen-bond acceptors (Lipinski definition) is 7. The summed E-state index contributed by atoms with van der Waals surface area (Å²) in [4.78, 5) is 25.4. The first-order valence-corrected chi connectivity index (χ1v) is 9.97. The highest BCUT2D eigenvalue weighted by Gasteiger charge is 2.30. The van der Waals surface area contributed by atoms with E-state index >= 15 is 0 Å². The molecule has 9 nitrogen and oxygen atoms in total. The van der Waals surface area contributed by atoms with Gasteiger partial charge < -0.3 is 19.1 Å². The molecule has 28 heavy (non-hydrogen) atoms. The molecule has 1 fully saturated rings. The monoisotopic (exact) mass is 414 g/mol. The number of halogens is 1. The molecule has 0 saturated carbocycles. The average Bonchev–Trinajstić information content (AvgIpc) is 2.73. The van der Waals surface area contributed by atoms with Crippen LogP contribution in [0.4, 0.5) is 4.39 Å². The van der Waals surface area contributed by atoms with E-state index in [1.54, 1.807) is 0 Å². The zero-order valence-corrected chi connectivity index (χ0v) is 15.7. The Bertz CT molecular complexity index is 862. The second-order valence-electron chi connectivity index (χ2n) is 6.02. The summed E-state index contributed by atoms with van der Waals surface area (Å²) >= 11 is 0. The Kier molecular flexibility index (Phi) is 6.15. The van der Waals surface area contributed by atoms with Gasteiger partial charge in [0.25, 0.3) is 5.91 Å². The van der Waals surface area contributed by atoms with Gasteiger partial charge in [-0.25, -0.2) is 17.6 Å². The minimum Gasteiger partial charge on any atom is -0.493 e. The van der Waals surface area contributed by atoms with Crippen LogP contribution in [0.15, 0.2) is 41.2 Å². The number of piperazine rings is 1. The normalized spacial score (nSPS) is 17.9. The summed E-state index contributed by atoms with van der Waals surface area (Å²) in [5.74, 6) is -1.87.